The topological polar surface area (TPSA) is 265 Å². The van der Waals surface area contributed by atoms with Crippen LogP contribution in [0.3, 0.4) is 0 Å². The second-order valence-electron chi connectivity index (χ2n) is 12.6. The number of hydrogen-bond donors (Lipinski definition) is 8. The lowest BCUT2D eigenvalue weighted by molar-refractivity contribution is -0.127. The fraction of sp³-hybridized carbons (Fsp3) is 0.667. The van der Waals surface area contributed by atoms with Gasteiger partial charge in [0.1, 0.15) is 24.4 Å². The summed E-state index contributed by atoms with van der Waals surface area (Å²) in [5.74, 6) is 0. The van der Waals surface area contributed by atoms with Gasteiger partial charge in [0.25, 0.3) is 0 Å². The van der Waals surface area contributed by atoms with Crippen molar-refractivity contribution < 1.29 is 29.9 Å². The second-order valence-corrected chi connectivity index (χ2v) is 12.6. The SMILES string of the molecule is N[C@@H]1C[C@H](N)[C@@H](OCCCc2cn(Cc3cccc(Cn4cc(CCCO[C@H]5[C@H](O)[C@@H](O)[C@H](N)C[C@@H]5N)nn4)c3)nn2)[C@H](O)[C@H]1O. The van der Waals surface area contributed by atoms with E-state index in [1.54, 1.807) is 9.36 Å². The first-order valence-corrected chi connectivity index (χ1v) is 15.9. The number of ether oxygens (including phenoxy) is 2. The summed E-state index contributed by atoms with van der Waals surface area (Å²) in [7, 11) is 0. The van der Waals surface area contributed by atoms with E-state index < -0.39 is 60.8 Å². The van der Waals surface area contributed by atoms with Crippen LogP contribution in [0.4, 0.5) is 0 Å². The molecule has 12 N–H and O–H groups in total. The summed E-state index contributed by atoms with van der Waals surface area (Å²) < 4.78 is 15.2. The Labute approximate surface area is 267 Å². The van der Waals surface area contributed by atoms with Crippen LogP contribution in [0.5, 0.6) is 0 Å². The highest BCUT2D eigenvalue weighted by Crippen LogP contribution is 2.22. The van der Waals surface area contributed by atoms with Gasteiger partial charge in [-0.2, -0.15) is 0 Å². The van der Waals surface area contributed by atoms with Gasteiger partial charge < -0.3 is 52.8 Å². The third-order valence-corrected chi connectivity index (χ3v) is 8.81. The van der Waals surface area contributed by atoms with Gasteiger partial charge in [-0.15, -0.1) is 10.2 Å². The van der Waals surface area contributed by atoms with Gasteiger partial charge in [-0.1, -0.05) is 34.7 Å². The van der Waals surface area contributed by atoms with Gasteiger partial charge in [0.15, 0.2) is 0 Å². The van der Waals surface area contributed by atoms with Crippen LogP contribution < -0.4 is 22.9 Å². The van der Waals surface area contributed by atoms with Gasteiger partial charge in [-0.25, -0.2) is 9.36 Å². The predicted molar refractivity (Wildman–Crippen MR) is 166 cm³/mol. The molecule has 0 radical (unpaired) electrons. The minimum absolute atomic E-state index is 0.365. The van der Waals surface area contributed by atoms with Crippen LogP contribution in [0.25, 0.3) is 0 Å². The van der Waals surface area contributed by atoms with Crippen molar-refractivity contribution >= 4 is 0 Å². The summed E-state index contributed by atoms with van der Waals surface area (Å²) in [6, 6.07) is 6.20. The Kier molecular flexibility index (Phi) is 11.8. The van der Waals surface area contributed by atoms with Crippen molar-refractivity contribution in [3.63, 3.8) is 0 Å². The zero-order valence-electron chi connectivity index (χ0n) is 25.9. The molecule has 3 aromatic rings. The van der Waals surface area contributed by atoms with Crippen LogP contribution in [-0.4, -0.2) is 124 Å². The number of nitrogens with two attached hydrogens (primary N) is 4. The van der Waals surface area contributed by atoms with Crippen LogP contribution in [0, 0.1) is 0 Å². The van der Waals surface area contributed by atoms with Crippen molar-refractivity contribution in [3.8, 4) is 0 Å². The molecule has 1 aromatic carbocycles. The van der Waals surface area contributed by atoms with E-state index in [0.29, 0.717) is 64.8 Å². The van der Waals surface area contributed by atoms with Crippen molar-refractivity contribution in [2.75, 3.05) is 13.2 Å². The molecule has 16 nitrogen and oxygen atoms in total. The Bertz CT molecular complexity index is 1280. The molecular formula is C30H48N10O6. The van der Waals surface area contributed by atoms with Crippen LogP contribution in [-0.2, 0) is 35.4 Å². The number of aliphatic hydroxyl groups is 4. The number of aliphatic hydroxyl groups excluding tert-OH is 4. The summed E-state index contributed by atoms with van der Waals surface area (Å²) in [6.07, 6.45) is 1.61. The lowest BCUT2D eigenvalue weighted by atomic mass is 9.85. The first-order chi connectivity index (χ1) is 22.1. The highest BCUT2D eigenvalue weighted by Gasteiger charge is 2.42. The molecule has 2 aromatic heterocycles. The van der Waals surface area contributed by atoms with Gasteiger partial charge >= 0.3 is 0 Å². The van der Waals surface area contributed by atoms with Crippen molar-refractivity contribution in [1.29, 1.82) is 0 Å². The number of nitrogens with zero attached hydrogens (tertiary/aromatic N) is 6. The van der Waals surface area contributed by atoms with Crippen molar-refractivity contribution in [2.45, 2.75) is 112 Å². The fourth-order valence-electron chi connectivity index (χ4n) is 6.23. The summed E-state index contributed by atoms with van der Waals surface area (Å²) >= 11 is 0. The molecule has 46 heavy (non-hydrogen) atoms. The minimum atomic E-state index is -1.10. The van der Waals surface area contributed by atoms with E-state index in [2.05, 4.69) is 26.7 Å². The molecule has 2 aliphatic carbocycles. The molecule has 2 heterocycles. The third kappa shape index (κ3) is 8.71. The summed E-state index contributed by atoms with van der Waals surface area (Å²) in [6.45, 7) is 1.85. The molecule has 2 aliphatic rings. The number of rotatable bonds is 14. The maximum atomic E-state index is 10.3. The Morgan fingerprint density at radius 2 is 1.09 bits per heavy atom. The van der Waals surface area contributed by atoms with Crippen molar-refractivity contribution in [2.24, 2.45) is 22.9 Å². The summed E-state index contributed by atoms with van der Waals surface area (Å²) in [5, 5.41) is 57.6. The molecule has 0 spiro atoms. The standard InChI is InChI=1S/C30H48N10O6/c31-21-11-23(33)29(27(43)25(21)41)45-8-2-6-19-15-39(37-35-19)13-17-4-1-5-18(10-17)14-40-16-20(36-38-40)7-3-9-46-30-24(34)12-22(32)26(42)28(30)44/h1,4-5,10,15-16,21-30,41-44H,2-3,6-9,11-14,31-34H2/t21-,22-,23+,24+,25+,26+,27-,28-,29-,30-/m1/s1. The van der Waals surface area contributed by atoms with Crippen LogP contribution in [0.1, 0.15) is 48.2 Å². The van der Waals surface area contributed by atoms with E-state index in [9.17, 15) is 20.4 Å². The Morgan fingerprint density at radius 3 is 1.52 bits per heavy atom. The summed E-state index contributed by atoms with van der Waals surface area (Å²) in [4.78, 5) is 0. The zero-order chi connectivity index (χ0) is 32.8. The molecule has 0 aliphatic heterocycles. The molecule has 2 fully saturated rings. The summed E-state index contributed by atoms with van der Waals surface area (Å²) in [5.41, 5.74) is 27.6. The zero-order valence-corrected chi connectivity index (χ0v) is 25.9. The number of benzene rings is 1. The fourth-order valence-corrected chi connectivity index (χ4v) is 6.23. The van der Waals surface area contributed by atoms with Crippen LogP contribution >= 0.6 is 0 Å². The molecule has 16 heteroatoms. The van der Waals surface area contributed by atoms with Gasteiger partial charge in [0, 0.05) is 49.8 Å². The van der Waals surface area contributed by atoms with E-state index in [-0.39, 0.29) is 0 Å². The van der Waals surface area contributed by atoms with E-state index in [0.717, 1.165) is 22.5 Å². The highest BCUT2D eigenvalue weighted by atomic mass is 16.5. The first-order valence-electron chi connectivity index (χ1n) is 15.9. The van der Waals surface area contributed by atoms with Gasteiger partial charge in [0.2, 0.25) is 0 Å². The average molecular weight is 645 g/mol. The van der Waals surface area contributed by atoms with E-state index in [1.165, 1.54) is 0 Å². The van der Waals surface area contributed by atoms with Gasteiger partial charge in [-0.05, 0) is 49.7 Å². The maximum Gasteiger partial charge on any atom is 0.109 e. The van der Waals surface area contributed by atoms with E-state index >= 15 is 0 Å². The molecule has 0 bridgehead atoms. The average Bonchev–Trinajstić information content (AvgIpc) is 3.67. The predicted octanol–water partition coefficient (Wildman–Crippen LogP) is -2.84. The third-order valence-electron chi connectivity index (χ3n) is 8.81. The number of aryl methyl sites for hydroxylation is 2. The second kappa shape index (κ2) is 15.8. The molecule has 254 valence electrons. The number of aromatic nitrogens is 6. The largest absolute Gasteiger partial charge is 0.389 e. The minimum Gasteiger partial charge on any atom is -0.389 e. The van der Waals surface area contributed by atoms with Crippen molar-refractivity contribution in [3.05, 3.63) is 59.2 Å². The molecule has 0 unspecified atom stereocenters. The molecule has 0 saturated heterocycles. The Morgan fingerprint density at radius 1 is 0.652 bits per heavy atom. The van der Waals surface area contributed by atoms with Crippen LogP contribution in [0.15, 0.2) is 36.7 Å². The smallest absolute Gasteiger partial charge is 0.109 e. The molecule has 10 atom stereocenters. The maximum absolute atomic E-state index is 10.3. The molecular weight excluding hydrogens is 596 g/mol. The molecule has 2 saturated carbocycles. The van der Waals surface area contributed by atoms with E-state index in [1.807, 2.05) is 30.6 Å². The van der Waals surface area contributed by atoms with Gasteiger partial charge in [0.05, 0.1) is 36.7 Å². The Hall–Kier alpha value is -2.90. The first kappa shape index (κ1) is 34.4. The highest BCUT2D eigenvalue weighted by molar-refractivity contribution is 5.24. The lowest BCUT2D eigenvalue weighted by Gasteiger charge is -2.39. The Balaban J connectivity index is 1.03. The van der Waals surface area contributed by atoms with Crippen molar-refractivity contribution in [1.82, 2.24) is 30.0 Å². The molecule has 0 amide bonds. The van der Waals surface area contributed by atoms with E-state index in [4.69, 9.17) is 32.4 Å². The molecule has 5 rings (SSSR count). The quantitative estimate of drug-likeness (QED) is 0.0822. The van der Waals surface area contributed by atoms with Crippen LogP contribution in [0.2, 0.25) is 0 Å². The number of hydrogen-bond acceptors (Lipinski definition) is 14. The van der Waals surface area contributed by atoms with Gasteiger partial charge in [-0.3, -0.25) is 0 Å². The normalized spacial score (nSPS) is 31.7. The lowest BCUT2D eigenvalue weighted by Crippen LogP contribution is -2.62. The monoisotopic (exact) mass is 644 g/mol.